The standard InChI is InChI=1S/C31H29N5O3/c32-19-21-9-11-25(12-10-21)35-13-15-36(16-14-35)31(38)24-17-23(18-24)29-33-28-26(30(37)34-29)7-4-8-27(28)39-20-22-5-2-1-3-6-22/h1-12,23-24H,13-18,20H2,(H,33,34,37). The fourth-order valence-electron chi connectivity index (χ4n) is 5.43. The van der Waals surface area contributed by atoms with E-state index in [2.05, 4.69) is 16.0 Å². The number of anilines is 1. The molecule has 1 aromatic heterocycles. The Hall–Kier alpha value is -4.64. The van der Waals surface area contributed by atoms with E-state index in [1.165, 1.54) is 0 Å². The number of hydrogen-bond donors (Lipinski definition) is 1. The molecule has 1 aliphatic carbocycles. The molecular weight excluding hydrogens is 490 g/mol. The highest BCUT2D eigenvalue weighted by Gasteiger charge is 2.39. The molecule has 39 heavy (non-hydrogen) atoms. The molecule has 8 nitrogen and oxygen atoms in total. The number of nitrogens with zero attached hydrogens (tertiary/aromatic N) is 4. The number of benzene rings is 3. The van der Waals surface area contributed by atoms with Crippen molar-refractivity contribution in [3.8, 4) is 11.8 Å². The maximum absolute atomic E-state index is 13.2. The fraction of sp³-hybridized carbons (Fsp3) is 0.290. The number of rotatable bonds is 6. The molecule has 4 aromatic rings. The van der Waals surface area contributed by atoms with E-state index in [4.69, 9.17) is 15.0 Å². The van der Waals surface area contributed by atoms with E-state index in [1.807, 2.05) is 65.6 Å². The highest BCUT2D eigenvalue weighted by atomic mass is 16.5. The van der Waals surface area contributed by atoms with Gasteiger partial charge in [0.2, 0.25) is 5.91 Å². The Bertz CT molecular complexity index is 1580. The Morgan fingerprint density at radius 3 is 2.44 bits per heavy atom. The van der Waals surface area contributed by atoms with E-state index in [1.54, 1.807) is 12.1 Å². The third-order valence-corrected chi connectivity index (χ3v) is 7.78. The van der Waals surface area contributed by atoms with Crippen molar-refractivity contribution in [2.45, 2.75) is 25.4 Å². The topological polar surface area (TPSA) is 102 Å². The Morgan fingerprint density at radius 1 is 0.974 bits per heavy atom. The number of H-pyrrole nitrogens is 1. The summed E-state index contributed by atoms with van der Waals surface area (Å²) in [6.07, 6.45) is 1.35. The van der Waals surface area contributed by atoms with Gasteiger partial charge in [-0.25, -0.2) is 4.98 Å². The van der Waals surface area contributed by atoms with Crippen molar-refractivity contribution in [1.82, 2.24) is 14.9 Å². The average Bonchev–Trinajstić information content (AvgIpc) is 2.96. The minimum Gasteiger partial charge on any atom is -0.487 e. The number of ether oxygens (including phenoxy) is 1. The molecule has 1 saturated carbocycles. The molecule has 0 unspecified atom stereocenters. The maximum Gasteiger partial charge on any atom is 0.258 e. The number of aromatic amines is 1. The van der Waals surface area contributed by atoms with Crippen LogP contribution in [0.4, 0.5) is 5.69 Å². The summed E-state index contributed by atoms with van der Waals surface area (Å²) in [5, 5.41) is 9.50. The van der Waals surface area contributed by atoms with Gasteiger partial charge in [-0.15, -0.1) is 0 Å². The fourth-order valence-corrected chi connectivity index (χ4v) is 5.43. The number of aromatic nitrogens is 2. The summed E-state index contributed by atoms with van der Waals surface area (Å²) in [5.74, 6) is 1.37. The molecule has 2 aliphatic rings. The van der Waals surface area contributed by atoms with Gasteiger partial charge in [-0.2, -0.15) is 5.26 Å². The van der Waals surface area contributed by atoms with Crippen LogP contribution in [0.2, 0.25) is 0 Å². The van der Waals surface area contributed by atoms with Gasteiger partial charge in [-0.3, -0.25) is 9.59 Å². The molecule has 2 fully saturated rings. The van der Waals surface area contributed by atoms with Crippen LogP contribution < -0.4 is 15.2 Å². The summed E-state index contributed by atoms with van der Waals surface area (Å²) in [7, 11) is 0. The average molecular weight is 520 g/mol. The molecule has 0 bridgehead atoms. The van der Waals surface area contributed by atoms with Crippen LogP contribution in [0.1, 0.15) is 35.7 Å². The first kappa shape index (κ1) is 24.7. The smallest absolute Gasteiger partial charge is 0.258 e. The van der Waals surface area contributed by atoms with Gasteiger partial charge >= 0.3 is 0 Å². The van der Waals surface area contributed by atoms with Gasteiger partial charge in [0.15, 0.2) is 0 Å². The number of carbonyl (C=O) groups is 1. The van der Waals surface area contributed by atoms with Gasteiger partial charge in [0, 0.05) is 43.7 Å². The van der Waals surface area contributed by atoms with Crippen LogP contribution in [0.5, 0.6) is 5.75 Å². The van der Waals surface area contributed by atoms with Gasteiger partial charge in [0.1, 0.15) is 23.7 Å². The molecular formula is C31H29N5O3. The Morgan fingerprint density at radius 2 is 1.72 bits per heavy atom. The molecule has 0 atom stereocenters. The van der Waals surface area contributed by atoms with Gasteiger partial charge < -0.3 is 19.5 Å². The summed E-state index contributed by atoms with van der Waals surface area (Å²) in [4.78, 5) is 38.0. The normalized spacial score (nSPS) is 18.8. The van der Waals surface area contributed by atoms with Crippen LogP contribution in [0.15, 0.2) is 77.6 Å². The third kappa shape index (κ3) is 5.08. The van der Waals surface area contributed by atoms with Crippen LogP contribution in [-0.4, -0.2) is 47.0 Å². The van der Waals surface area contributed by atoms with Crippen molar-refractivity contribution in [2.24, 2.45) is 5.92 Å². The lowest BCUT2D eigenvalue weighted by atomic mass is 9.73. The Balaban J connectivity index is 1.08. The second-order valence-electron chi connectivity index (χ2n) is 10.2. The lowest BCUT2D eigenvalue weighted by molar-refractivity contribution is -0.139. The predicted octanol–water partition coefficient (Wildman–Crippen LogP) is 4.22. The zero-order valence-electron chi connectivity index (χ0n) is 21.5. The number of carbonyl (C=O) groups excluding carboxylic acids is 1. The second kappa shape index (κ2) is 10.6. The maximum atomic E-state index is 13.2. The number of nitrogens with one attached hydrogen (secondary N) is 1. The van der Waals surface area contributed by atoms with Crippen molar-refractivity contribution in [1.29, 1.82) is 5.26 Å². The van der Waals surface area contributed by atoms with E-state index < -0.39 is 0 Å². The van der Waals surface area contributed by atoms with Crippen LogP contribution in [-0.2, 0) is 11.4 Å². The molecule has 2 heterocycles. The molecule has 1 amide bonds. The van der Waals surface area contributed by atoms with Crippen molar-refractivity contribution in [2.75, 3.05) is 31.1 Å². The lowest BCUT2D eigenvalue weighted by Gasteiger charge is -2.41. The molecule has 1 N–H and O–H groups in total. The molecule has 1 aliphatic heterocycles. The van der Waals surface area contributed by atoms with Crippen LogP contribution in [0.3, 0.4) is 0 Å². The predicted molar refractivity (Wildman–Crippen MR) is 149 cm³/mol. The molecule has 3 aromatic carbocycles. The summed E-state index contributed by atoms with van der Waals surface area (Å²) >= 11 is 0. The number of amides is 1. The first-order valence-corrected chi connectivity index (χ1v) is 13.3. The Labute approximate surface area is 226 Å². The van der Waals surface area contributed by atoms with Gasteiger partial charge in [0.25, 0.3) is 5.56 Å². The van der Waals surface area contributed by atoms with Crippen LogP contribution in [0, 0.1) is 17.2 Å². The van der Waals surface area contributed by atoms with E-state index in [9.17, 15) is 9.59 Å². The van der Waals surface area contributed by atoms with Crippen molar-refractivity contribution >= 4 is 22.5 Å². The SMILES string of the molecule is N#Cc1ccc(N2CCN(C(=O)C3CC(c4nc5c(OCc6ccccc6)cccc5c(=O)[nH]4)C3)CC2)cc1. The number of nitriles is 1. The highest BCUT2D eigenvalue weighted by molar-refractivity contribution is 5.84. The van der Waals surface area contributed by atoms with E-state index in [0.29, 0.717) is 60.6 Å². The number of piperazine rings is 1. The van der Waals surface area contributed by atoms with Crippen molar-refractivity contribution in [3.63, 3.8) is 0 Å². The largest absolute Gasteiger partial charge is 0.487 e. The first-order valence-electron chi connectivity index (χ1n) is 13.3. The summed E-state index contributed by atoms with van der Waals surface area (Å²) in [6.45, 7) is 3.26. The van der Waals surface area contributed by atoms with E-state index >= 15 is 0 Å². The molecule has 0 spiro atoms. The first-order chi connectivity index (χ1) is 19.1. The quantitative estimate of drug-likeness (QED) is 0.409. The van der Waals surface area contributed by atoms with Gasteiger partial charge in [-0.1, -0.05) is 36.4 Å². The number of para-hydroxylation sites is 1. The van der Waals surface area contributed by atoms with Crippen molar-refractivity contribution < 1.29 is 9.53 Å². The van der Waals surface area contributed by atoms with E-state index in [-0.39, 0.29) is 23.3 Å². The van der Waals surface area contributed by atoms with Crippen LogP contribution >= 0.6 is 0 Å². The molecule has 0 radical (unpaired) electrons. The number of fused-ring (bicyclic) bond motifs is 1. The van der Waals surface area contributed by atoms with Crippen molar-refractivity contribution in [3.05, 3.63) is 100 Å². The minimum atomic E-state index is -0.186. The zero-order valence-corrected chi connectivity index (χ0v) is 21.5. The third-order valence-electron chi connectivity index (χ3n) is 7.78. The van der Waals surface area contributed by atoms with E-state index in [0.717, 1.165) is 24.3 Å². The zero-order chi connectivity index (χ0) is 26.8. The summed E-state index contributed by atoms with van der Waals surface area (Å²) < 4.78 is 6.04. The van der Waals surface area contributed by atoms with Gasteiger partial charge in [-0.05, 0) is 54.8 Å². The summed E-state index contributed by atoms with van der Waals surface area (Å²) in [5.41, 5.74) is 3.13. The molecule has 6 rings (SSSR count). The molecule has 196 valence electrons. The van der Waals surface area contributed by atoms with Gasteiger partial charge in [0.05, 0.1) is 17.0 Å². The summed E-state index contributed by atoms with van der Waals surface area (Å²) in [6, 6.07) is 25.0. The second-order valence-corrected chi connectivity index (χ2v) is 10.2. The lowest BCUT2D eigenvalue weighted by Crippen LogP contribution is -2.52. The molecule has 8 heteroatoms. The van der Waals surface area contributed by atoms with Crippen LogP contribution in [0.25, 0.3) is 10.9 Å². The highest BCUT2D eigenvalue weighted by Crippen LogP contribution is 2.41. The molecule has 1 saturated heterocycles. The minimum absolute atomic E-state index is 0.0400. The Kier molecular flexibility index (Phi) is 6.72. The monoisotopic (exact) mass is 519 g/mol. The number of hydrogen-bond acceptors (Lipinski definition) is 6.